The van der Waals surface area contributed by atoms with Gasteiger partial charge in [0.05, 0.1) is 24.8 Å². The van der Waals surface area contributed by atoms with Crippen molar-refractivity contribution in [3.63, 3.8) is 0 Å². The van der Waals surface area contributed by atoms with Crippen LogP contribution in [0.5, 0.6) is 0 Å². The molecule has 3 rings (SSSR count). The molecule has 2 atom stereocenters. The Morgan fingerprint density at radius 2 is 1.74 bits per heavy atom. The van der Waals surface area contributed by atoms with Crippen molar-refractivity contribution in [2.45, 2.75) is 44.0 Å². The fourth-order valence-corrected chi connectivity index (χ4v) is 3.65. The fraction of sp³-hybridized carbons (Fsp3) is 0.348. The fourth-order valence-electron chi connectivity index (χ4n) is 3.53. The van der Waals surface area contributed by atoms with E-state index in [2.05, 4.69) is 10.4 Å². The van der Waals surface area contributed by atoms with Gasteiger partial charge in [-0.1, -0.05) is 29.8 Å². The van der Waals surface area contributed by atoms with E-state index in [1.165, 1.54) is 36.4 Å². The number of nitrogens with one attached hydrogen (secondary N) is 1. The second-order valence-electron chi connectivity index (χ2n) is 8.29. The number of nitrogens with zero attached hydrogens (tertiary/aromatic N) is 3. The van der Waals surface area contributed by atoms with Crippen LogP contribution in [0.25, 0.3) is 11.4 Å². The number of rotatable bonds is 9. The predicted octanol–water partition coefficient (Wildman–Crippen LogP) is 3.03. The molecule has 0 saturated carbocycles. The number of aliphatic hydroxyl groups is 2. The van der Waals surface area contributed by atoms with Crippen LogP contribution in [-0.2, 0) is 30.5 Å². The highest BCUT2D eigenvalue weighted by Crippen LogP contribution is 2.30. The number of hydrogen-bond acceptors (Lipinski definition) is 5. The van der Waals surface area contributed by atoms with Crippen LogP contribution < -0.4 is 11.0 Å². The van der Waals surface area contributed by atoms with Crippen molar-refractivity contribution in [2.24, 2.45) is 0 Å². The van der Waals surface area contributed by atoms with Crippen molar-refractivity contribution >= 4 is 17.5 Å². The Labute approximate surface area is 216 Å². The summed E-state index contributed by atoms with van der Waals surface area (Å²) in [4.78, 5) is 25.4. The summed E-state index contributed by atoms with van der Waals surface area (Å²) < 4.78 is 78.9. The van der Waals surface area contributed by atoms with Crippen molar-refractivity contribution in [2.75, 3.05) is 6.61 Å². The standard InChI is InChI=1S/C23H21ClF6N4O4/c24-16-6-4-14(5-7-16)20-32-34(21(38)33(20)10-18(36)23(28,29)30)11-19(37)31-17(12-35)9-13-2-1-3-15(8-13)22(25,26)27/h1-8,17-18,35-36H,9-12H2,(H,31,37)/t17-,18-/m0/s1. The minimum atomic E-state index is -5.03. The first-order chi connectivity index (χ1) is 17.7. The number of halogens is 7. The van der Waals surface area contributed by atoms with Crippen LogP contribution in [0.4, 0.5) is 26.3 Å². The zero-order valence-corrected chi connectivity index (χ0v) is 20.1. The van der Waals surface area contributed by atoms with Crippen LogP contribution in [0.15, 0.2) is 53.3 Å². The van der Waals surface area contributed by atoms with Crippen LogP contribution in [-0.4, -0.2) is 55.4 Å². The minimum Gasteiger partial charge on any atom is -0.394 e. The first-order valence-electron chi connectivity index (χ1n) is 10.9. The summed E-state index contributed by atoms with van der Waals surface area (Å²) in [6.07, 6.45) is -12.7. The molecule has 0 bridgehead atoms. The molecule has 0 unspecified atom stereocenters. The van der Waals surface area contributed by atoms with E-state index < -0.39 is 61.4 Å². The molecule has 0 aliphatic carbocycles. The van der Waals surface area contributed by atoms with Gasteiger partial charge >= 0.3 is 18.0 Å². The van der Waals surface area contributed by atoms with Gasteiger partial charge in [0.25, 0.3) is 0 Å². The number of carbonyl (C=O) groups excluding carboxylic acids is 1. The molecule has 0 radical (unpaired) electrons. The molecule has 0 fully saturated rings. The topological polar surface area (TPSA) is 109 Å². The van der Waals surface area contributed by atoms with Gasteiger partial charge in [-0.15, -0.1) is 5.10 Å². The third kappa shape index (κ3) is 7.36. The first kappa shape index (κ1) is 29.2. The molecule has 15 heteroatoms. The summed E-state index contributed by atoms with van der Waals surface area (Å²) in [5.74, 6) is -1.16. The van der Waals surface area contributed by atoms with Gasteiger partial charge in [0.2, 0.25) is 5.91 Å². The number of alkyl halides is 6. The van der Waals surface area contributed by atoms with E-state index in [-0.39, 0.29) is 23.4 Å². The van der Waals surface area contributed by atoms with Gasteiger partial charge in [-0.25, -0.2) is 9.48 Å². The van der Waals surface area contributed by atoms with Crippen LogP contribution in [0.2, 0.25) is 5.02 Å². The Bertz CT molecular complexity index is 1320. The van der Waals surface area contributed by atoms with E-state index in [9.17, 15) is 46.1 Å². The molecular weight excluding hydrogens is 546 g/mol. The Hall–Kier alpha value is -3.36. The van der Waals surface area contributed by atoms with Gasteiger partial charge in [-0.05, 0) is 42.3 Å². The van der Waals surface area contributed by atoms with E-state index >= 15 is 0 Å². The van der Waals surface area contributed by atoms with Crippen molar-refractivity contribution in [1.29, 1.82) is 0 Å². The largest absolute Gasteiger partial charge is 0.416 e. The van der Waals surface area contributed by atoms with E-state index in [1.54, 1.807) is 0 Å². The molecule has 2 aromatic carbocycles. The molecular formula is C23H21ClF6N4O4. The van der Waals surface area contributed by atoms with Crippen molar-refractivity contribution < 1.29 is 41.4 Å². The lowest BCUT2D eigenvalue weighted by Gasteiger charge is -2.17. The lowest BCUT2D eigenvalue weighted by Crippen LogP contribution is -2.43. The molecule has 0 spiro atoms. The van der Waals surface area contributed by atoms with E-state index in [1.807, 2.05) is 0 Å². The van der Waals surface area contributed by atoms with Crippen LogP contribution in [0.3, 0.4) is 0 Å². The van der Waals surface area contributed by atoms with Gasteiger partial charge in [-0.3, -0.25) is 9.36 Å². The Balaban J connectivity index is 1.82. The second-order valence-corrected chi connectivity index (χ2v) is 8.72. The second kappa shape index (κ2) is 11.6. The zero-order chi connectivity index (χ0) is 28.3. The number of amides is 1. The third-order valence-corrected chi connectivity index (χ3v) is 5.63. The molecule has 1 aromatic heterocycles. The van der Waals surface area contributed by atoms with Crippen LogP contribution in [0.1, 0.15) is 11.1 Å². The highest BCUT2D eigenvalue weighted by Gasteiger charge is 2.39. The third-order valence-electron chi connectivity index (χ3n) is 5.37. The summed E-state index contributed by atoms with van der Waals surface area (Å²) in [6, 6.07) is 8.80. The normalized spacial score (nSPS) is 13.8. The molecule has 3 aromatic rings. The highest BCUT2D eigenvalue weighted by atomic mass is 35.5. The molecule has 0 aliphatic heterocycles. The maximum atomic E-state index is 13.0. The summed E-state index contributed by atoms with van der Waals surface area (Å²) in [5.41, 5.74) is -1.69. The quantitative estimate of drug-likeness (QED) is 0.345. The summed E-state index contributed by atoms with van der Waals surface area (Å²) in [5, 5.41) is 25.7. The van der Waals surface area contributed by atoms with Crippen molar-refractivity contribution in [3.05, 3.63) is 75.2 Å². The smallest absolute Gasteiger partial charge is 0.394 e. The number of carbonyl (C=O) groups is 1. The molecule has 8 nitrogen and oxygen atoms in total. The number of aromatic nitrogens is 3. The maximum Gasteiger partial charge on any atom is 0.416 e. The summed E-state index contributed by atoms with van der Waals surface area (Å²) in [7, 11) is 0. The minimum absolute atomic E-state index is 0.173. The van der Waals surface area contributed by atoms with Gasteiger partial charge < -0.3 is 15.5 Å². The average molecular weight is 567 g/mol. The number of aliphatic hydroxyl groups excluding tert-OH is 2. The van der Waals surface area contributed by atoms with Gasteiger partial charge in [-0.2, -0.15) is 26.3 Å². The Kier molecular flexibility index (Phi) is 8.90. The molecule has 0 aliphatic rings. The molecule has 0 saturated heterocycles. The zero-order valence-electron chi connectivity index (χ0n) is 19.3. The lowest BCUT2D eigenvalue weighted by molar-refractivity contribution is -0.207. The molecule has 1 amide bonds. The predicted molar refractivity (Wildman–Crippen MR) is 123 cm³/mol. The SMILES string of the molecule is O=C(Cn1nc(-c2ccc(Cl)cc2)n(C[C@H](O)C(F)(F)F)c1=O)N[C@H](CO)Cc1cccc(C(F)(F)F)c1. The van der Waals surface area contributed by atoms with Gasteiger partial charge in [0.1, 0.15) is 6.54 Å². The number of hydrogen-bond donors (Lipinski definition) is 3. The van der Waals surface area contributed by atoms with E-state index in [0.29, 0.717) is 14.3 Å². The highest BCUT2D eigenvalue weighted by molar-refractivity contribution is 6.30. The summed E-state index contributed by atoms with van der Waals surface area (Å²) in [6.45, 7) is -2.64. The first-order valence-corrected chi connectivity index (χ1v) is 11.3. The molecule has 38 heavy (non-hydrogen) atoms. The van der Waals surface area contributed by atoms with Crippen LogP contribution in [0, 0.1) is 0 Å². The van der Waals surface area contributed by atoms with E-state index in [4.69, 9.17) is 11.6 Å². The van der Waals surface area contributed by atoms with Crippen molar-refractivity contribution in [3.8, 4) is 11.4 Å². The maximum absolute atomic E-state index is 13.0. The van der Waals surface area contributed by atoms with Crippen molar-refractivity contribution in [1.82, 2.24) is 19.7 Å². The number of benzene rings is 2. The monoisotopic (exact) mass is 566 g/mol. The average Bonchev–Trinajstić information content (AvgIpc) is 3.13. The van der Waals surface area contributed by atoms with Gasteiger partial charge in [0, 0.05) is 10.6 Å². The molecule has 1 heterocycles. The lowest BCUT2D eigenvalue weighted by atomic mass is 10.0. The summed E-state index contributed by atoms with van der Waals surface area (Å²) >= 11 is 5.83. The molecule has 206 valence electrons. The van der Waals surface area contributed by atoms with Crippen LogP contribution >= 0.6 is 11.6 Å². The molecule has 3 N–H and O–H groups in total. The van der Waals surface area contributed by atoms with E-state index in [0.717, 1.165) is 12.1 Å². The Morgan fingerprint density at radius 1 is 1.08 bits per heavy atom. The van der Waals surface area contributed by atoms with Gasteiger partial charge in [0.15, 0.2) is 11.9 Å². The Morgan fingerprint density at radius 3 is 2.32 bits per heavy atom.